The molecule has 1 atom stereocenters. The zero-order valence-corrected chi connectivity index (χ0v) is 12.5. The predicted molar refractivity (Wildman–Crippen MR) is 83.6 cm³/mol. The highest BCUT2D eigenvalue weighted by molar-refractivity contribution is 7.74. The fourth-order valence-corrected chi connectivity index (χ4v) is 5.19. The Hall–Kier alpha value is -1.13. The molecule has 0 saturated heterocycles. The van der Waals surface area contributed by atoms with Crippen molar-refractivity contribution in [2.45, 2.75) is 32.9 Å². The predicted octanol–water partition coefficient (Wildman–Crippen LogP) is 4.23. The summed E-state index contributed by atoms with van der Waals surface area (Å²) in [4.78, 5) is 0. The molecule has 0 radical (unpaired) electrons. The van der Waals surface area contributed by atoms with Crippen molar-refractivity contribution in [1.82, 2.24) is 0 Å². The third-order valence-electron chi connectivity index (χ3n) is 3.04. The molecule has 0 aliphatic heterocycles. The van der Waals surface area contributed by atoms with Crippen LogP contribution in [0.25, 0.3) is 0 Å². The molecular formula is C17H21P. The van der Waals surface area contributed by atoms with Crippen molar-refractivity contribution in [3.8, 4) is 0 Å². The Balaban J connectivity index is 2.55. The van der Waals surface area contributed by atoms with Gasteiger partial charge in [-0.3, -0.25) is 0 Å². The van der Waals surface area contributed by atoms with Crippen LogP contribution in [-0.4, -0.2) is 5.16 Å². The molecule has 0 nitrogen and oxygen atoms in total. The molecule has 0 amide bonds. The topological polar surface area (TPSA) is 0 Å². The minimum Gasteiger partial charge on any atom is -0.0622 e. The van der Waals surface area contributed by atoms with Gasteiger partial charge in [-0.1, -0.05) is 75.4 Å². The van der Waals surface area contributed by atoms with Crippen molar-refractivity contribution in [3.05, 3.63) is 60.2 Å². The second-order valence-electron chi connectivity index (χ2n) is 5.63. The Kier molecular flexibility index (Phi) is 3.88. The van der Waals surface area contributed by atoms with E-state index in [0.717, 1.165) is 0 Å². The van der Waals surface area contributed by atoms with Crippen LogP contribution in [0.3, 0.4) is 0 Å². The molecule has 2 aromatic carbocycles. The molecule has 2 aromatic rings. The highest BCUT2D eigenvalue weighted by Gasteiger charge is 2.28. The van der Waals surface area contributed by atoms with Crippen molar-refractivity contribution in [2.75, 3.05) is 0 Å². The van der Waals surface area contributed by atoms with Gasteiger partial charge in [0.2, 0.25) is 0 Å². The maximum absolute atomic E-state index is 2.35. The van der Waals surface area contributed by atoms with Gasteiger partial charge < -0.3 is 0 Å². The normalized spacial score (nSPS) is 13.3. The Morgan fingerprint density at radius 3 is 1.89 bits per heavy atom. The third kappa shape index (κ3) is 2.82. The second-order valence-corrected chi connectivity index (χ2v) is 8.64. The Morgan fingerprint density at radius 2 is 1.33 bits per heavy atom. The minimum atomic E-state index is -0.313. The maximum Gasteiger partial charge on any atom is -0.00990 e. The van der Waals surface area contributed by atoms with Crippen LogP contribution in [0, 0.1) is 6.92 Å². The van der Waals surface area contributed by atoms with Gasteiger partial charge in [-0.15, -0.1) is 0 Å². The number of hydrogen-bond donors (Lipinski definition) is 0. The zero-order valence-electron chi connectivity index (χ0n) is 11.6. The molecule has 0 saturated carbocycles. The van der Waals surface area contributed by atoms with Gasteiger partial charge in [0.15, 0.2) is 0 Å². The van der Waals surface area contributed by atoms with E-state index >= 15 is 0 Å². The first-order valence-corrected chi connectivity index (χ1v) is 7.75. The minimum absolute atomic E-state index is 0.281. The smallest absolute Gasteiger partial charge is 0.00990 e. The maximum atomic E-state index is 2.35. The largest absolute Gasteiger partial charge is 0.0622 e. The van der Waals surface area contributed by atoms with Gasteiger partial charge in [0, 0.05) is 0 Å². The molecule has 2 rings (SSSR count). The molecule has 1 heteroatoms. The summed E-state index contributed by atoms with van der Waals surface area (Å²) in [6.45, 7) is 9.26. The van der Waals surface area contributed by atoms with Gasteiger partial charge in [-0.2, -0.15) is 0 Å². The lowest BCUT2D eigenvalue weighted by Crippen LogP contribution is -2.27. The van der Waals surface area contributed by atoms with E-state index in [-0.39, 0.29) is 13.1 Å². The second kappa shape index (κ2) is 5.24. The first-order valence-electron chi connectivity index (χ1n) is 6.41. The Morgan fingerprint density at radius 1 is 0.778 bits per heavy atom. The van der Waals surface area contributed by atoms with Gasteiger partial charge in [0.25, 0.3) is 0 Å². The quantitative estimate of drug-likeness (QED) is 0.705. The summed E-state index contributed by atoms with van der Waals surface area (Å²) in [5, 5.41) is 3.25. The molecular weight excluding hydrogens is 235 g/mol. The van der Waals surface area contributed by atoms with Gasteiger partial charge in [-0.05, 0) is 36.2 Å². The van der Waals surface area contributed by atoms with Crippen LogP contribution >= 0.6 is 7.92 Å². The fourth-order valence-electron chi connectivity index (χ4n) is 2.28. The van der Waals surface area contributed by atoms with E-state index in [1.807, 2.05) is 0 Å². The number of hydrogen-bond acceptors (Lipinski definition) is 0. The van der Waals surface area contributed by atoms with E-state index in [4.69, 9.17) is 0 Å². The molecule has 0 bridgehead atoms. The van der Waals surface area contributed by atoms with E-state index in [1.54, 1.807) is 0 Å². The van der Waals surface area contributed by atoms with Crippen LogP contribution < -0.4 is 10.6 Å². The molecule has 0 aromatic heterocycles. The summed E-state index contributed by atoms with van der Waals surface area (Å²) in [5.41, 5.74) is 1.40. The van der Waals surface area contributed by atoms with E-state index in [2.05, 4.69) is 82.3 Å². The Labute approximate surface area is 112 Å². The lowest BCUT2D eigenvalue weighted by atomic mass is 10.2. The molecule has 0 aliphatic carbocycles. The van der Waals surface area contributed by atoms with Crippen molar-refractivity contribution in [1.29, 1.82) is 0 Å². The SMILES string of the molecule is Cc1ccccc1P(c1ccccc1)C(C)(C)C. The summed E-state index contributed by atoms with van der Waals surface area (Å²) in [7, 11) is -0.313. The van der Waals surface area contributed by atoms with Crippen LogP contribution in [0.1, 0.15) is 26.3 Å². The summed E-state index contributed by atoms with van der Waals surface area (Å²) in [6.07, 6.45) is 0. The standard InChI is InChI=1S/C17H21P/c1-14-10-8-9-13-16(14)18(17(2,3)4)15-11-6-5-7-12-15/h5-13H,1-4H3. The van der Waals surface area contributed by atoms with E-state index in [1.165, 1.54) is 16.2 Å². The lowest BCUT2D eigenvalue weighted by Gasteiger charge is -2.33. The zero-order chi connectivity index (χ0) is 13.2. The summed E-state index contributed by atoms with van der Waals surface area (Å²) in [6, 6.07) is 19.7. The van der Waals surface area contributed by atoms with Crippen molar-refractivity contribution < 1.29 is 0 Å². The molecule has 1 unspecified atom stereocenters. The molecule has 18 heavy (non-hydrogen) atoms. The number of benzene rings is 2. The fraction of sp³-hybridized carbons (Fsp3) is 0.294. The highest BCUT2D eigenvalue weighted by Crippen LogP contribution is 2.47. The van der Waals surface area contributed by atoms with Crippen LogP contribution in [0.15, 0.2) is 54.6 Å². The van der Waals surface area contributed by atoms with Crippen LogP contribution in [-0.2, 0) is 0 Å². The first kappa shape index (κ1) is 13.3. The third-order valence-corrected chi connectivity index (χ3v) is 6.18. The summed E-state index contributed by atoms with van der Waals surface area (Å²) < 4.78 is 0. The lowest BCUT2D eigenvalue weighted by molar-refractivity contribution is 0.793. The average molecular weight is 256 g/mol. The van der Waals surface area contributed by atoms with Gasteiger partial charge in [0.1, 0.15) is 0 Å². The Bertz CT molecular complexity index is 509. The van der Waals surface area contributed by atoms with Crippen molar-refractivity contribution in [3.63, 3.8) is 0 Å². The molecule has 0 spiro atoms. The number of rotatable bonds is 2. The average Bonchev–Trinajstić information content (AvgIpc) is 2.32. The van der Waals surface area contributed by atoms with Crippen molar-refractivity contribution >= 4 is 18.5 Å². The van der Waals surface area contributed by atoms with Gasteiger partial charge >= 0.3 is 0 Å². The summed E-state index contributed by atoms with van der Waals surface area (Å²) in [5.74, 6) is 0. The van der Waals surface area contributed by atoms with Crippen LogP contribution in [0.5, 0.6) is 0 Å². The number of aryl methyl sites for hydroxylation is 1. The molecule has 94 valence electrons. The van der Waals surface area contributed by atoms with Gasteiger partial charge in [-0.25, -0.2) is 0 Å². The highest BCUT2D eigenvalue weighted by atomic mass is 31.1. The van der Waals surface area contributed by atoms with Crippen LogP contribution in [0.4, 0.5) is 0 Å². The van der Waals surface area contributed by atoms with Crippen LogP contribution in [0.2, 0.25) is 0 Å². The molecule has 0 heterocycles. The monoisotopic (exact) mass is 256 g/mol. The molecule has 0 aliphatic rings. The molecule has 0 fully saturated rings. The van der Waals surface area contributed by atoms with Gasteiger partial charge in [0.05, 0.1) is 0 Å². The summed E-state index contributed by atoms with van der Waals surface area (Å²) >= 11 is 0. The first-order chi connectivity index (χ1) is 8.50. The van der Waals surface area contributed by atoms with E-state index in [9.17, 15) is 0 Å². The van der Waals surface area contributed by atoms with E-state index in [0.29, 0.717) is 0 Å². The molecule has 0 N–H and O–H groups in total. The van der Waals surface area contributed by atoms with E-state index < -0.39 is 0 Å². The van der Waals surface area contributed by atoms with Crippen molar-refractivity contribution in [2.24, 2.45) is 0 Å².